The van der Waals surface area contributed by atoms with Crippen LogP contribution in [0.4, 0.5) is 5.69 Å². The lowest BCUT2D eigenvalue weighted by molar-refractivity contribution is 1.08. The fourth-order valence-electron chi connectivity index (χ4n) is 0.809. The maximum absolute atomic E-state index is 3.41. The molecule has 0 aliphatic rings. The number of anilines is 1. The molecule has 0 atom stereocenters. The highest BCUT2D eigenvalue weighted by atomic mass is 79.9. The lowest BCUT2D eigenvalue weighted by atomic mass is 10.3. The zero-order valence-corrected chi connectivity index (χ0v) is 9.18. The minimum atomic E-state index is 0.849. The van der Waals surface area contributed by atoms with Gasteiger partial charge in [0.05, 0.1) is 10.9 Å². The van der Waals surface area contributed by atoms with E-state index in [2.05, 4.69) is 48.9 Å². The van der Waals surface area contributed by atoms with Gasteiger partial charge in [-0.15, -0.1) is 0 Å². The number of hydrogen-bond acceptors (Lipinski definition) is 1. The molecular formula is C8H9Br2N. The number of benzene rings is 1. The fourth-order valence-corrected chi connectivity index (χ4v) is 2.22. The van der Waals surface area contributed by atoms with Gasteiger partial charge in [-0.2, -0.15) is 0 Å². The van der Waals surface area contributed by atoms with Gasteiger partial charge in [0.15, 0.2) is 0 Å². The van der Waals surface area contributed by atoms with Crippen molar-refractivity contribution in [3.63, 3.8) is 0 Å². The highest BCUT2D eigenvalue weighted by Gasteiger charge is 1.99. The van der Waals surface area contributed by atoms with Crippen molar-refractivity contribution in [1.82, 2.24) is 0 Å². The summed E-state index contributed by atoms with van der Waals surface area (Å²) in [7, 11) is 0. The molecule has 0 aliphatic carbocycles. The summed E-state index contributed by atoms with van der Waals surface area (Å²) in [5, 5.41) is 0. The molecule has 1 aromatic rings. The van der Waals surface area contributed by atoms with E-state index in [1.54, 1.807) is 0 Å². The summed E-state index contributed by atoms with van der Waals surface area (Å²) in [5.41, 5.74) is 2.92. The van der Waals surface area contributed by atoms with Gasteiger partial charge in [-0.1, -0.05) is 50.1 Å². The molecule has 0 bridgehead atoms. The second kappa shape index (κ2) is 4.78. The number of nitrogens with zero attached hydrogens (tertiary/aromatic N) is 1. The smallest absolute Gasteiger partial charge is 0.0744 e. The SMILES string of the molecule is BrCN(CBr)c1ccccc1. The van der Waals surface area contributed by atoms with Crippen molar-refractivity contribution in [2.24, 2.45) is 0 Å². The molecule has 1 aromatic carbocycles. The summed E-state index contributed by atoms with van der Waals surface area (Å²) >= 11 is 6.82. The van der Waals surface area contributed by atoms with E-state index >= 15 is 0 Å². The third-order valence-electron chi connectivity index (χ3n) is 1.41. The summed E-state index contributed by atoms with van der Waals surface area (Å²) in [4.78, 5) is 2.17. The first-order chi connectivity index (χ1) is 5.38. The van der Waals surface area contributed by atoms with Crippen LogP contribution in [-0.2, 0) is 0 Å². The summed E-state index contributed by atoms with van der Waals surface area (Å²) < 4.78 is 0. The number of rotatable bonds is 3. The van der Waals surface area contributed by atoms with Crippen molar-refractivity contribution >= 4 is 37.5 Å². The summed E-state index contributed by atoms with van der Waals surface area (Å²) in [6, 6.07) is 10.3. The van der Waals surface area contributed by atoms with Crippen LogP contribution in [0.5, 0.6) is 0 Å². The van der Waals surface area contributed by atoms with Gasteiger partial charge in [0.1, 0.15) is 0 Å². The number of para-hydroxylation sites is 1. The van der Waals surface area contributed by atoms with Gasteiger partial charge >= 0.3 is 0 Å². The van der Waals surface area contributed by atoms with Gasteiger partial charge in [-0.25, -0.2) is 0 Å². The van der Waals surface area contributed by atoms with Crippen LogP contribution in [0.15, 0.2) is 30.3 Å². The van der Waals surface area contributed by atoms with Crippen LogP contribution in [0, 0.1) is 0 Å². The molecule has 0 spiro atoms. The molecule has 0 fully saturated rings. The molecule has 1 rings (SSSR count). The zero-order chi connectivity index (χ0) is 8.10. The van der Waals surface area contributed by atoms with E-state index in [9.17, 15) is 0 Å². The molecule has 0 heterocycles. The molecule has 11 heavy (non-hydrogen) atoms. The Morgan fingerprint density at radius 3 is 2.00 bits per heavy atom. The Morgan fingerprint density at radius 2 is 1.55 bits per heavy atom. The zero-order valence-electron chi connectivity index (χ0n) is 6.00. The number of halogens is 2. The van der Waals surface area contributed by atoms with Crippen molar-refractivity contribution in [3.8, 4) is 0 Å². The Balaban J connectivity index is 2.74. The first kappa shape index (κ1) is 9.07. The van der Waals surface area contributed by atoms with Crippen LogP contribution in [0.25, 0.3) is 0 Å². The molecule has 0 aromatic heterocycles. The minimum absolute atomic E-state index is 0.849. The van der Waals surface area contributed by atoms with Crippen molar-refractivity contribution in [1.29, 1.82) is 0 Å². The molecule has 1 nitrogen and oxygen atoms in total. The van der Waals surface area contributed by atoms with Gasteiger partial charge in [0, 0.05) is 5.69 Å². The van der Waals surface area contributed by atoms with Crippen LogP contribution >= 0.6 is 31.9 Å². The number of hydrogen-bond donors (Lipinski definition) is 0. The standard InChI is InChI=1S/C8H9Br2N/c9-6-11(7-10)8-4-2-1-3-5-8/h1-5H,6-7H2. The number of alkyl halides is 2. The van der Waals surface area contributed by atoms with E-state index < -0.39 is 0 Å². The van der Waals surface area contributed by atoms with Crippen LogP contribution in [-0.4, -0.2) is 10.9 Å². The Labute approximate surface area is 83.7 Å². The fraction of sp³-hybridized carbons (Fsp3) is 0.250. The maximum atomic E-state index is 3.41. The van der Waals surface area contributed by atoms with E-state index in [0.717, 1.165) is 10.9 Å². The van der Waals surface area contributed by atoms with Crippen LogP contribution in [0.1, 0.15) is 0 Å². The lowest BCUT2D eigenvalue weighted by Crippen LogP contribution is -2.17. The monoisotopic (exact) mass is 277 g/mol. The molecule has 0 saturated heterocycles. The van der Waals surface area contributed by atoms with E-state index in [0.29, 0.717) is 0 Å². The van der Waals surface area contributed by atoms with Crippen molar-refractivity contribution in [2.75, 3.05) is 15.8 Å². The first-order valence-corrected chi connectivity index (χ1v) is 5.54. The molecular weight excluding hydrogens is 270 g/mol. The van der Waals surface area contributed by atoms with Gasteiger partial charge in [0.25, 0.3) is 0 Å². The molecule has 0 unspecified atom stereocenters. The molecule has 0 saturated carbocycles. The molecule has 0 aliphatic heterocycles. The van der Waals surface area contributed by atoms with Crippen molar-refractivity contribution < 1.29 is 0 Å². The van der Waals surface area contributed by atoms with Gasteiger partial charge < -0.3 is 4.90 Å². The normalized spacial score (nSPS) is 9.64. The highest BCUT2D eigenvalue weighted by molar-refractivity contribution is 9.09. The molecule has 0 amide bonds. The Kier molecular flexibility index (Phi) is 3.94. The second-order valence-corrected chi connectivity index (χ2v) is 3.12. The topological polar surface area (TPSA) is 3.24 Å². The van der Waals surface area contributed by atoms with Crippen LogP contribution in [0.2, 0.25) is 0 Å². The second-order valence-electron chi connectivity index (χ2n) is 2.11. The van der Waals surface area contributed by atoms with Gasteiger partial charge in [-0.3, -0.25) is 0 Å². The Bertz CT molecular complexity index is 197. The van der Waals surface area contributed by atoms with E-state index in [-0.39, 0.29) is 0 Å². The maximum Gasteiger partial charge on any atom is 0.0744 e. The summed E-state index contributed by atoms with van der Waals surface area (Å²) in [6.45, 7) is 0. The van der Waals surface area contributed by atoms with Crippen molar-refractivity contribution in [2.45, 2.75) is 0 Å². The lowest BCUT2D eigenvalue weighted by Gasteiger charge is -2.18. The average Bonchev–Trinajstić information content (AvgIpc) is 2.09. The Hall–Kier alpha value is -0.0200. The largest absolute Gasteiger partial charge is 0.352 e. The van der Waals surface area contributed by atoms with Crippen LogP contribution in [0.3, 0.4) is 0 Å². The molecule has 0 N–H and O–H groups in total. The summed E-state index contributed by atoms with van der Waals surface area (Å²) in [6.07, 6.45) is 0. The van der Waals surface area contributed by atoms with Gasteiger partial charge in [-0.05, 0) is 12.1 Å². The van der Waals surface area contributed by atoms with Crippen LogP contribution < -0.4 is 4.90 Å². The van der Waals surface area contributed by atoms with Crippen molar-refractivity contribution in [3.05, 3.63) is 30.3 Å². The highest BCUT2D eigenvalue weighted by Crippen LogP contribution is 2.14. The minimum Gasteiger partial charge on any atom is -0.352 e. The van der Waals surface area contributed by atoms with E-state index in [1.807, 2.05) is 18.2 Å². The first-order valence-electron chi connectivity index (χ1n) is 3.30. The predicted octanol–water partition coefficient (Wildman–Crippen LogP) is 3.20. The molecule has 0 radical (unpaired) electrons. The van der Waals surface area contributed by atoms with E-state index in [4.69, 9.17) is 0 Å². The van der Waals surface area contributed by atoms with E-state index in [1.165, 1.54) is 5.69 Å². The quantitative estimate of drug-likeness (QED) is 0.606. The average molecular weight is 279 g/mol. The molecule has 60 valence electrons. The Morgan fingerprint density at radius 1 is 1.00 bits per heavy atom. The van der Waals surface area contributed by atoms with Gasteiger partial charge in [0.2, 0.25) is 0 Å². The molecule has 3 heteroatoms. The summed E-state index contributed by atoms with van der Waals surface area (Å²) in [5.74, 6) is 0. The third kappa shape index (κ3) is 2.49. The third-order valence-corrected chi connectivity index (χ3v) is 2.62. The predicted molar refractivity (Wildman–Crippen MR) is 56.5 cm³/mol.